The van der Waals surface area contributed by atoms with Gasteiger partial charge in [-0.05, 0) is 74.4 Å². The SMILES string of the molecule is C.CN(C)CCC[C@@]1(c2ccc(F)cc2)OCc2cc(C#N)ccc21.O=C(O)C(=O)O. The van der Waals surface area contributed by atoms with Gasteiger partial charge in [0.25, 0.3) is 0 Å². The lowest BCUT2D eigenvalue weighted by atomic mass is 9.81. The average molecular weight is 430 g/mol. The summed E-state index contributed by atoms with van der Waals surface area (Å²) in [5, 5.41) is 23.9. The van der Waals surface area contributed by atoms with Gasteiger partial charge in [0.15, 0.2) is 0 Å². The largest absolute Gasteiger partial charge is 0.473 e. The number of ether oxygens (including phenoxy) is 1. The highest BCUT2D eigenvalue weighted by atomic mass is 19.1. The van der Waals surface area contributed by atoms with Crippen molar-refractivity contribution in [1.82, 2.24) is 4.90 Å². The zero-order valence-corrected chi connectivity index (χ0v) is 16.8. The zero-order chi connectivity index (χ0) is 22.3. The minimum atomic E-state index is -1.82. The van der Waals surface area contributed by atoms with Crippen LogP contribution < -0.4 is 0 Å². The van der Waals surface area contributed by atoms with E-state index in [0.29, 0.717) is 12.2 Å². The van der Waals surface area contributed by atoms with Gasteiger partial charge in [0.1, 0.15) is 11.4 Å². The third-order valence-electron chi connectivity index (χ3n) is 4.77. The van der Waals surface area contributed by atoms with Gasteiger partial charge in [-0.3, -0.25) is 0 Å². The number of carboxylic acid groups (broad SMARTS) is 2. The minimum Gasteiger partial charge on any atom is -0.473 e. The molecule has 1 aliphatic rings. The summed E-state index contributed by atoms with van der Waals surface area (Å²) in [5.74, 6) is -3.90. The number of fused-ring (bicyclic) bond motifs is 1. The normalized spacial score (nSPS) is 16.4. The maximum atomic E-state index is 13.4. The van der Waals surface area contributed by atoms with Crippen molar-refractivity contribution in [3.63, 3.8) is 0 Å². The molecule has 0 aromatic heterocycles. The summed E-state index contributed by atoms with van der Waals surface area (Å²) < 4.78 is 19.6. The second-order valence-corrected chi connectivity index (χ2v) is 7.12. The molecule has 1 atom stereocenters. The van der Waals surface area contributed by atoms with Crippen molar-refractivity contribution in [2.75, 3.05) is 20.6 Å². The number of hydrogen-bond acceptors (Lipinski definition) is 5. The first-order chi connectivity index (χ1) is 14.2. The van der Waals surface area contributed by atoms with E-state index in [1.165, 1.54) is 12.1 Å². The van der Waals surface area contributed by atoms with E-state index in [9.17, 15) is 4.39 Å². The maximum absolute atomic E-state index is 13.4. The molecular weight excluding hydrogens is 403 g/mol. The van der Waals surface area contributed by atoms with E-state index in [1.807, 2.05) is 32.3 Å². The van der Waals surface area contributed by atoms with Gasteiger partial charge in [-0.15, -0.1) is 0 Å². The van der Waals surface area contributed by atoms with Crippen LogP contribution in [0.5, 0.6) is 0 Å². The van der Waals surface area contributed by atoms with E-state index in [2.05, 4.69) is 11.0 Å². The van der Waals surface area contributed by atoms with Crippen molar-refractivity contribution in [2.24, 2.45) is 0 Å². The molecule has 7 nitrogen and oxygen atoms in total. The van der Waals surface area contributed by atoms with Crippen molar-refractivity contribution in [3.8, 4) is 6.07 Å². The molecule has 0 spiro atoms. The number of benzene rings is 2. The Morgan fingerprint density at radius 3 is 2.29 bits per heavy atom. The molecule has 31 heavy (non-hydrogen) atoms. The van der Waals surface area contributed by atoms with Gasteiger partial charge in [-0.2, -0.15) is 5.26 Å². The van der Waals surface area contributed by atoms with Crippen LogP contribution in [0.25, 0.3) is 0 Å². The number of nitrogens with zero attached hydrogens (tertiary/aromatic N) is 2. The predicted octanol–water partition coefficient (Wildman–Crippen LogP) is 3.60. The summed E-state index contributed by atoms with van der Waals surface area (Å²) in [5.41, 5.74) is 3.18. The van der Waals surface area contributed by atoms with Gasteiger partial charge < -0.3 is 19.8 Å². The molecule has 2 aromatic carbocycles. The van der Waals surface area contributed by atoms with Crippen LogP contribution in [-0.4, -0.2) is 47.7 Å². The van der Waals surface area contributed by atoms with Crippen LogP contribution in [0.2, 0.25) is 0 Å². The first kappa shape index (κ1) is 25.8. The molecule has 8 heteroatoms. The summed E-state index contributed by atoms with van der Waals surface area (Å²) >= 11 is 0. The topological polar surface area (TPSA) is 111 Å². The fraction of sp³-hybridized carbons (Fsp3) is 0.348. The highest BCUT2D eigenvalue weighted by Gasteiger charge is 2.41. The third-order valence-corrected chi connectivity index (χ3v) is 4.77. The standard InChI is InChI=1S/C20H21FN2O.C2H2O4.CH4/c1-23(2)11-3-10-20(17-5-7-18(21)8-6-17)19-9-4-15(13-22)12-16(19)14-24-20;3-1(4)2(5)6;/h4-9,12H,3,10-11,14H2,1-2H3;(H,3,4)(H,5,6);1H4/t20-;;/m0../s1. The second-order valence-electron chi connectivity index (χ2n) is 7.12. The molecule has 1 aliphatic heterocycles. The lowest BCUT2D eigenvalue weighted by Gasteiger charge is -2.31. The van der Waals surface area contributed by atoms with Crippen LogP contribution in [-0.2, 0) is 26.5 Å². The predicted molar refractivity (Wildman–Crippen MR) is 113 cm³/mol. The van der Waals surface area contributed by atoms with Gasteiger partial charge in [0.05, 0.1) is 18.2 Å². The van der Waals surface area contributed by atoms with Crippen molar-refractivity contribution in [1.29, 1.82) is 5.26 Å². The van der Waals surface area contributed by atoms with Crippen molar-refractivity contribution < 1.29 is 28.9 Å². The molecule has 0 unspecified atom stereocenters. The molecule has 2 aromatic rings. The Kier molecular flexibility index (Phi) is 9.31. The molecule has 3 rings (SSSR count). The molecule has 1 heterocycles. The van der Waals surface area contributed by atoms with E-state index in [4.69, 9.17) is 29.8 Å². The summed E-state index contributed by atoms with van der Waals surface area (Å²) in [6.07, 6.45) is 1.78. The molecule has 0 bridgehead atoms. The lowest BCUT2D eigenvalue weighted by Crippen LogP contribution is -2.28. The van der Waals surface area contributed by atoms with Crippen LogP contribution in [0.4, 0.5) is 4.39 Å². The van der Waals surface area contributed by atoms with Gasteiger partial charge >= 0.3 is 11.9 Å². The van der Waals surface area contributed by atoms with Crippen LogP contribution in [0.15, 0.2) is 42.5 Å². The molecular formula is C23H27FN2O5. The Morgan fingerprint density at radius 1 is 1.16 bits per heavy atom. The van der Waals surface area contributed by atoms with Gasteiger partial charge in [-0.25, -0.2) is 14.0 Å². The molecule has 0 amide bonds. The van der Waals surface area contributed by atoms with Crippen LogP contribution in [0.3, 0.4) is 0 Å². The molecule has 0 aliphatic carbocycles. The second kappa shape index (κ2) is 11.2. The lowest BCUT2D eigenvalue weighted by molar-refractivity contribution is -0.159. The molecule has 2 N–H and O–H groups in total. The quantitative estimate of drug-likeness (QED) is 0.697. The molecule has 0 saturated carbocycles. The van der Waals surface area contributed by atoms with E-state index in [-0.39, 0.29) is 13.2 Å². The van der Waals surface area contributed by atoms with E-state index in [1.54, 1.807) is 12.1 Å². The van der Waals surface area contributed by atoms with Gasteiger partial charge in [0.2, 0.25) is 0 Å². The van der Waals surface area contributed by atoms with Crippen LogP contribution in [0.1, 0.15) is 42.5 Å². The van der Waals surface area contributed by atoms with E-state index in [0.717, 1.165) is 36.1 Å². The highest BCUT2D eigenvalue weighted by molar-refractivity contribution is 6.27. The Labute approximate surface area is 181 Å². The Morgan fingerprint density at radius 2 is 1.77 bits per heavy atom. The number of aliphatic carboxylic acids is 2. The first-order valence-corrected chi connectivity index (χ1v) is 9.24. The summed E-state index contributed by atoms with van der Waals surface area (Å²) in [6.45, 7) is 1.43. The summed E-state index contributed by atoms with van der Waals surface area (Å²) in [7, 11) is 4.10. The third kappa shape index (κ3) is 6.35. The number of carboxylic acids is 2. The molecule has 0 saturated heterocycles. The Balaban J connectivity index is 0.000000607. The maximum Gasteiger partial charge on any atom is 0.414 e. The van der Waals surface area contributed by atoms with Gasteiger partial charge in [-0.1, -0.05) is 25.6 Å². The first-order valence-electron chi connectivity index (χ1n) is 9.24. The fourth-order valence-electron chi connectivity index (χ4n) is 3.41. The fourth-order valence-corrected chi connectivity index (χ4v) is 3.41. The minimum absolute atomic E-state index is 0. The Bertz CT molecular complexity index is 941. The number of carbonyl (C=O) groups is 2. The number of nitriles is 1. The van der Waals surface area contributed by atoms with E-state index >= 15 is 0 Å². The number of hydrogen-bond donors (Lipinski definition) is 2. The average Bonchev–Trinajstić information content (AvgIpc) is 3.07. The molecule has 166 valence electrons. The monoisotopic (exact) mass is 430 g/mol. The van der Waals surface area contributed by atoms with Crippen LogP contribution >= 0.6 is 0 Å². The summed E-state index contributed by atoms with van der Waals surface area (Å²) in [6, 6.07) is 14.5. The number of rotatable bonds is 5. The zero-order valence-electron chi connectivity index (χ0n) is 16.8. The number of halogens is 1. The van der Waals surface area contributed by atoms with E-state index < -0.39 is 17.5 Å². The molecule has 0 radical (unpaired) electrons. The summed E-state index contributed by atoms with van der Waals surface area (Å²) in [4.78, 5) is 20.3. The molecule has 0 fully saturated rings. The highest BCUT2D eigenvalue weighted by Crippen LogP contribution is 2.45. The Hall–Kier alpha value is -3.28. The smallest absolute Gasteiger partial charge is 0.414 e. The van der Waals surface area contributed by atoms with Crippen molar-refractivity contribution in [3.05, 3.63) is 70.5 Å². The van der Waals surface area contributed by atoms with Gasteiger partial charge in [0, 0.05) is 0 Å². The van der Waals surface area contributed by atoms with Crippen molar-refractivity contribution in [2.45, 2.75) is 32.5 Å². The van der Waals surface area contributed by atoms with Crippen LogP contribution in [0, 0.1) is 17.1 Å². The van der Waals surface area contributed by atoms with Crippen molar-refractivity contribution >= 4 is 11.9 Å².